The molecule has 0 atom stereocenters. The molecule has 0 spiro atoms. The fraction of sp³-hybridized carbons (Fsp3) is 0.182. The monoisotopic (exact) mass is 173 g/mol. The van der Waals surface area contributed by atoms with Gasteiger partial charge in [0.25, 0.3) is 0 Å². The van der Waals surface area contributed by atoms with Crippen LogP contribution in [0.1, 0.15) is 11.1 Å². The zero-order chi connectivity index (χ0) is 9.68. The molecular formula is C11H11NO. The van der Waals surface area contributed by atoms with Crippen LogP contribution >= 0.6 is 0 Å². The summed E-state index contributed by atoms with van der Waals surface area (Å²) >= 11 is 0. The van der Waals surface area contributed by atoms with Gasteiger partial charge < -0.3 is 4.74 Å². The second-order valence-corrected chi connectivity index (χ2v) is 2.63. The summed E-state index contributed by atoms with van der Waals surface area (Å²) in [6, 6.07) is 7.60. The first-order valence-electron chi connectivity index (χ1n) is 3.99. The van der Waals surface area contributed by atoms with Gasteiger partial charge in [0, 0.05) is 0 Å². The Bertz CT molecular complexity index is 350. The quantitative estimate of drug-likeness (QED) is 0.657. The molecule has 0 N–H and O–H groups in total. The molecule has 2 heteroatoms. The second-order valence-electron chi connectivity index (χ2n) is 2.63. The molecule has 66 valence electrons. The number of benzene rings is 1. The largest absolute Gasteiger partial charge is 0.497 e. The van der Waals surface area contributed by atoms with E-state index in [9.17, 15) is 0 Å². The maximum atomic E-state index is 8.83. The summed E-state index contributed by atoms with van der Waals surface area (Å²) < 4.78 is 5.01. The van der Waals surface area contributed by atoms with Crippen molar-refractivity contribution in [3.05, 3.63) is 42.0 Å². The zero-order valence-corrected chi connectivity index (χ0v) is 7.58. The summed E-state index contributed by atoms with van der Waals surface area (Å²) in [6.07, 6.45) is 2.50. The molecule has 0 fully saturated rings. The summed E-state index contributed by atoms with van der Waals surface area (Å²) in [5.41, 5.74) is 1.64. The number of rotatable bonds is 3. The van der Waals surface area contributed by atoms with Gasteiger partial charge in [0.05, 0.1) is 18.7 Å². The Balaban J connectivity index is 3.09. The molecule has 1 rings (SSSR count). The van der Waals surface area contributed by atoms with Crippen molar-refractivity contribution >= 4 is 0 Å². The van der Waals surface area contributed by atoms with Gasteiger partial charge in [0.15, 0.2) is 0 Å². The molecule has 0 saturated heterocycles. The molecule has 0 unspecified atom stereocenters. The van der Waals surface area contributed by atoms with Gasteiger partial charge in [0.2, 0.25) is 0 Å². The molecule has 0 saturated carbocycles. The zero-order valence-electron chi connectivity index (χ0n) is 7.58. The minimum Gasteiger partial charge on any atom is -0.497 e. The van der Waals surface area contributed by atoms with Crippen LogP contribution in [0.2, 0.25) is 0 Å². The highest BCUT2D eigenvalue weighted by Gasteiger charge is 2.01. The number of ether oxygens (including phenoxy) is 1. The van der Waals surface area contributed by atoms with Crippen molar-refractivity contribution < 1.29 is 4.74 Å². The van der Waals surface area contributed by atoms with E-state index in [4.69, 9.17) is 10.00 Å². The minimum atomic E-state index is 0.652. The van der Waals surface area contributed by atoms with E-state index < -0.39 is 0 Å². The van der Waals surface area contributed by atoms with Gasteiger partial charge >= 0.3 is 0 Å². The first kappa shape index (κ1) is 9.34. The smallest absolute Gasteiger partial charge is 0.120 e. The van der Waals surface area contributed by atoms with Crippen LogP contribution in [0.3, 0.4) is 0 Å². The lowest BCUT2D eigenvalue weighted by Crippen LogP contribution is -1.90. The van der Waals surface area contributed by atoms with E-state index in [1.54, 1.807) is 19.3 Å². The third kappa shape index (κ3) is 2.09. The molecule has 13 heavy (non-hydrogen) atoms. The first-order chi connectivity index (χ1) is 6.31. The first-order valence-corrected chi connectivity index (χ1v) is 3.99. The number of nitriles is 1. The van der Waals surface area contributed by atoms with Crippen molar-refractivity contribution in [2.24, 2.45) is 0 Å². The standard InChI is InChI=1S/C11H11NO/c1-3-4-9-5-6-11(13-2)7-10(9)8-12/h3,5-7H,1,4H2,2H3. The average Bonchev–Trinajstić information content (AvgIpc) is 2.19. The van der Waals surface area contributed by atoms with E-state index in [0.29, 0.717) is 17.7 Å². The van der Waals surface area contributed by atoms with Crippen LogP contribution in [0.4, 0.5) is 0 Å². The topological polar surface area (TPSA) is 33.0 Å². The van der Waals surface area contributed by atoms with Crippen LogP contribution in [0.15, 0.2) is 30.9 Å². The maximum Gasteiger partial charge on any atom is 0.120 e. The van der Waals surface area contributed by atoms with E-state index in [1.165, 1.54) is 0 Å². The molecule has 0 radical (unpaired) electrons. The number of allylic oxidation sites excluding steroid dienone is 1. The fourth-order valence-corrected chi connectivity index (χ4v) is 1.12. The van der Waals surface area contributed by atoms with Crippen LogP contribution in [0, 0.1) is 11.3 Å². The Kier molecular flexibility index (Phi) is 3.10. The number of hydrogen-bond donors (Lipinski definition) is 0. The van der Waals surface area contributed by atoms with Gasteiger partial charge in [-0.1, -0.05) is 12.1 Å². The van der Waals surface area contributed by atoms with Crippen LogP contribution in [-0.4, -0.2) is 7.11 Å². The van der Waals surface area contributed by atoms with Crippen LogP contribution in [-0.2, 0) is 6.42 Å². The second kappa shape index (κ2) is 4.32. The van der Waals surface area contributed by atoms with Crippen molar-refractivity contribution in [1.29, 1.82) is 5.26 Å². The van der Waals surface area contributed by atoms with E-state index in [0.717, 1.165) is 5.56 Å². The molecule has 0 aliphatic carbocycles. The number of hydrogen-bond acceptors (Lipinski definition) is 2. The molecule has 0 aliphatic heterocycles. The van der Waals surface area contributed by atoms with Crippen molar-refractivity contribution in [2.75, 3.05) is 7.11 Å². The highest BCUT2D eigenvalue weighted by Crippen LogP contribution is 2.17. The summed E-state index contributed by atoms with van der Waals surface area (Å²) in [6.45, 7) is 3.63. The maximum absolute atomic E-state index is 8.83. The van der Waals surface area contributed by atoms with Crippen molar-refractivity contribution in [3.8, 4) is 11.8 Å². The normalized spacial score (nSPS) is 8.92. The highest BCUT2D eigenvalue weighted by atomic mass is 16.5. The van der Waals surface area contributed by atoms with Crippen LogP contribution in [0.5, 0.6) is 5.75 Å². The van der Waals surface area contributed by atoms with E-state index >= 15 is 0 Å². The third-order valence-corrected chi connectivity index (χ3v) is 1.80. The average molecular weight is 173 g/mol. The van der Waals surface area contributed by atoms with Gasteiger partial charge in [-0.3, -0.25) is 0 Å². The predicted octanol–water partition coefficient (Wildman–Crippen LogP) is 2.30. The number of methoxy groups -OCH3 is 1. The van der Waals surface area contributed by atoms with E-state index in [1.807, 2.05) is 12.1 Å². The highest BCUT2D eigenvalue weighted by molar-refractivity contribution is 5.43. The van der Waals surface area contributed by atoms with Gasteiger partial charge in [-0.15, -0.1) is 6.58 Å². The van der Waals surface area contributed by atoms with E-state index in [2.05, 4.69) is 12.6 Å². The van der Waals surface area contributed by atoms with Gasteiger partial charge in [-0.2, -0.15) is 5.26 Å². The molecule has 2 nitrogen and oxygen atoms in total. The summed E-state index contributed by atoms with van der Waals surface area (Å²) in [5.74, 6) is 0.712. The molecule has 0 aromatic heterocycles. The molecular weight excluding hydrogens is 162 g/mol. The molecule has 1 aromatic rings. The van der Waals surface area contributed by atoms with E-state index in [-0.39, 0.29) is 0 Å². The number of nitrogens with zero attached hydrogens (tertiary/aromatic N) is 1. The molecule has 0 amide bonds. The Morgan fingerprint density at radius 1 is 1.62 bits per heavy atom. The Hall–Kier alpha value is -1.75. The molecule has 1 aromatic carbocycles. The van der Waals surface area contributed by atoms with Gasteiger partial charge in [-0.25, -0.2) is 0 Å². The predicted molar refractivity (Wildman–Crippen MR) is 51.6 cm³/mol. The Morgan fingerprint density at radius 2 is 2.38 bits per heavy atom. The van der Waals surface area contributed by atoms with Crippen molar-refractivity contribution in [3.63, 3.8) is 0 Å². The summed E-state index contributed by atoms with van der Waals surface area (Å²) in [5, 5.41) is 8.83. The Labute approximate surface area is 78.1 Å². The molecule has 0 aliphatic rings. The van der Waals surface area contributed by atoms with Crippen LogP contribution < -0.4 is 4.74 Å². The molecule has 0 heterocycles. The SMILES string of the molecule is C=CCc1ccc(OC)cc1C#N. The summed E-state index contributed by atoms with van der Waals surface area (Å²) in [4.78, 5) is 0. The van der Waals surface area contributed by atoms with Crippen molar-refractivity contribution in [2.45, 2.75) is 6.42 Å². The lowest BCUT2D eigenvalue weighted by atomic mass is 10.1. The van der Waals surface area contributed by atoms with Crippen LogP contribution in [0.25, 0.3) is 0 Å². The molecule has 0 bridgehead atoms. The minimum absolute atomic E-state index is 0.652. The van der Waals surface area contributed by atoms with Gasteiger partial charge in [-0.05, 0) is 24.1 Å². The van der Waals surface area contributed by atoms with Gasteiger partial charge in [0.1, 0.15) is 5.75 Å². The van der Waals surface area contributed by atoms with Crippen molar-refractivity contribution in [1.82, 2.24) is 0 Å². The third-order valence-electron chi connectivity index (χ3n) is 1.80. The lowest BCUT2D eigenvalue weighted by Gasteiger charge is -2.03. The Morgan fingerprint density at radius 3 is 2.92 bits per heavy atom. The summed E-state index contributed by atoms with van der Waals surface area (Å²) in [7, 11) is 1.59. The lowest BCUT2D eigenvalue weighted by molar-refractivity contribution is 0.414. The fourth-order valence-electron chi connectivity index (χ4n) is 1.12.